The van der Waals surface area contributed by atoms with E-state index in [1.165, 1.54) is 0 Å². The van der Waals surface area contributed by atoms with Gasteiger partial charge in [-0.05, 0) is 24.2 Å². The van der Waals surface area contributed by atoms with Crippen molar-refractivity contribution in [1.82, 2.24) is 0 Å². The van der Waals surface area contributed by atoms with Gasteiger partial charge in [-0.2, -0.15) is 0 Å². The molecule has 0 aliphatic carbocycles. The van der Waals surface area contributed by atoms with Crippen molar-refractivity contribution >= 4 is 35.1 Å². The monoisotopic (exact) mass is 406 g/mol. The molecular weight excluding hydrogens is 375 g/mol. The normalized spacial score (nSPS) is 13.2. The Kier molecular flexibility index (Phi) is 7.82. The summed E-state index contributed by atoms with van der Waals surface area (Å²) in [5.41, 5.74) is 0.639. The Balaban J connectivity index is 3.04. The molecule has 0 spiro atoms. The van der Waals surface area contributed by atoms with Crippen LogP contribution in [0.2, 0.25) is 56.4 Å². The van der Waals surface area contributed by atoms with Gasteiger partial charge in [0.2, 0.25) is 7.37 Å². The van der Waals surface area contributed by atoms with Crippen molar-refractivity contribution in [3.63, 3.8) is 0 Å². The SMILES string of the molecule is C[Si](C)(C)CCP(=O)(CC[Si](C)(C)C)Oc1cc(Cl)ccc1CO. The molecule has 0 atom stereocenters. The van der Waals surface area contributed by atoms with Crippen LogP contribution in [0.1, 0.15) is 5.56 Å². The lowest BCUT2D eigenvalue weighted by atomic mass is 10.2. The quantitative estimate of drug-likeness (QED) is 0.394. The summed E-state index contributed by atoms with van der Waals surface area (Å²) in [4.78, 5) is 0. The molecule has 0 aliphatic rings. The minimum Gasteiger partial charge on any atom is -0.442 e. The number of rotatable bonds is 9. The van der Waals surface area contributed by atoms with Crippen LogP contribution in [0.15, 0.2) is 18.2 Å². The molecular formula is C17H32ClO3PSi2. The molecule has 0 saturated carbocycles. The number of aliphatic hydroxyl groups excluding tert-OH is 1. The first kappa shape index (κ1) is 22.0. The standard InChI is InChI=1S/C17H32ClO3PSi2/c1-23(2,3)11-9-22(20,10-12-24(4,5)6)21-17-13-16(18)8-7-15(17)14-19/h7-8,13,19H,9-12,14H2,1-6H3. The van der Waals surface area contributed by atoms with Crippen molar-refractivity contribution < 1.29 is 14.2 Å². The summed E-state index contributed by atoms with van der Waals surface area (Å²) in [6.45, 7) is 13.6. The van der Waals surface area contributed by atoms with Crippen LogP contribution in [0.4, 0.5) is 0 Å². The van der Waals surface area contributed by atoms with Gasteiger partial charge in [0, 0.05) is 39.1 Å². The molecule has 0 aliphatic heterocycles. The molecule has 24 heavy (non-hydrogen) atoms. The fourth-order valence-electron chi connectivity index (χ4n) is 2.14. The summed E-state index contributed by atoms with van der Waals surface area (Å²) in [5.74, 6) is 0.472. The van der Waals surface area contributed by atoms with Gasteiger partial charge >= 0.3 is 0 Å². The topological polar surface area (TPSA) is 46.5 Å². The molecule has 138 valence electrons. The maximum absolute atomic E-state index is 13.6. The molecule has 1 aromatic carbocycles. The smallest absolute Gasteiger partial charge is 0.247 e. The van der Waals surface area contributed by atoms with E-state index in [1.54, 1.807) is 18.2 Å². The van der Waals surface area contributed by atoms with E-state index in [1.807, 2.05) is 0 Å². The highest BCUT2D eigenvalue weighted by Crippen LogP contribution is 2.51. The number of benzene rings is 1. The van der Waals surface area contributed by atoms with E-state index in [0.717, 1.165) is 12.1 Å². The number of hydrogen-bond donors (Lipinski definition) is 1. The lowest BCUT2D eigenvalue weighted by Gasteiger charge is -2.26. The van der Waals surface area contributed by atoms with Gasteiger partial charge in [-0.1, -0.05) is 56.9 Å². The maximum Gasteiger partial charge on any atom is 0.247 e. The van der Waals surface area contributed by atoms with Crippen LogP contribution in [-0.2, 0) is 11.2 Å². The molecule has 0 radical (unpaired) electrons. The molecule has 1 rings (SSSR count). The molecule has 0 heterocycles. The first-order chi connectivity index (χ1) is 10.8. The predicted octanol–water partition coefficient (Wildman–Crippen LogP) is 6.17. The fraction of sp³-hybridized carbons (Fsp3) is 0.647. The number of halogens is 1. The second kappa shape index (κ2) is 8.54. The molecule has 0 aromatic heterocycles. The Morgan fingerprint density at radius 1 is 1.04 bits per heavy atom. The first-order valence-corrected chi connectivity index (χ1v) is 18.3. The van der Waals surface area contributed by atoms with Crippen molar-refractivity contribution in [2.45, 2.75) is 58.0 Å². The van der Waals surface area contributed by atoms with Crippen LogP contribution in [0, 0.1) is 0 Å². The molecule has 3 nitrogen and oxygen atoms in total. The zero-order valence-electron chi connectivity index (χ0n) is 15.9. The van der Waals surface area contributed by atoms with Crippen molar-refractivity contribution in [2.75, 3.05) is 12.3 Å². The zero-order valence-corrected chi connectivity index (χ0v) is 19.5. The van der Waals surface area contributed by atoms with E-state index < -0.39 is 23.5 Å². The van der Waals surface area contributed by atoms with Crippen LogP contribution in [-0.4, -0.2) is 33.6 Å². The predicted molar refractivity (Wildman–Crippen MR) is 112 cm³/mol. The van der Waals surface area contributed by atoms with Gasteiger partial charge in [0.15, 0.2) is 0 Å². The van der Waals surface area contributed by atoms with Crippen LogP contribution >= 0.6 is 19.0 Å². The second-order valence-electron chi connectivity index (χ2n) is 8.88. The average Bonchev–Trinajstić information content (AvgIpc) is 2.42. The first-order valence-electron chi connectivity index (χ1n) is 8.51. The van der Waals surface area contributed by atoms with Gasteiger partial charge in [0.1, 0.15) is 5.75 Å². The Morgan fingerprint density at radius 2 is 1.54 bits per heavy atom. The maximum atomic E-state index is 13.6. The third-order valence-corrected chi connectivity index (χ3v) is 10.8. The lowest BCUT2D eigenvalue weighted by Crippen LogP contribution is -2.24. The van der Waals surface area contributed by atoms with Gasteiger partial charge in [-0.25, -0.2) is 0 Å². The molecule has 0 fully saturated rings. The minimum absolute atomic E-state index is 0.144. The summed E-state index contributed by atoms with van der Waals surface area (Å²) >= 11 is 6.06. The Labute approximate surface area is 154 Å². The number of aliphatic hydroxyl groups is 1. The van der Waals surface area contributed by atoms with Crippen LogP contribution in [0.25, 0.3) is 0 Å². The summed E-state index contributed by atoms with van der Waals surface area (Å²) in [7, 11) is -5.41. The van der Waals surface area contributed by atoms with Crippen LogP contribution in [0.5, 0.6) is 5.75 Å². The molecule has 0 amide bonds. The third-order valence-electron chi connectivity index (χ3n) is 3.87. The van der Waals surface area contributed by atoms with E-state index in [2.05, 4.69) is 39.3 Å². The van der Waals surface area contributed by atoms with Crippen LogP contribution < -0.4 is 4.52 Å². The largest absolute Gasteiger partial charge is 0.442 e. The fourth-order valence-corrected chi connectivity index (χ4v) is 11.3. The average molecular weight is 407 g/mol. The Hall–Kier alpha value is -0.0662. The zero-order chi connectivity index (χ0) is 18.6. The Bertz CT molecular complexity index is 572. The summed E-state index contributed by atoms with van der Waals surface area (Å²) in [6, 6.07) is 7.08. The van der Waals surface area contributed by atoms with E-state index >= 15 is 0 Å². The van der Waals surface area contributed by atoms with Gasteiger partial charge in [-0.15, -0.1) is 0 Å². The molecule has 1 aromatic rings. The highest BCUT2D eigenvalue weighted by atomic mass is 35.5. The van der Waals surface area contributed by atoms with Gasteiger partial charge in [0.05, 0.1) is 6.61 Å². The number of hydrogen-bond acceptors (Lipinski definition) is 3. The van der Waals surface area contributed by atoms with E-state index in [9.17, 15) is 9.67 Å². The third kappa shape index (κ3) is 8.35. The second-order valence-corrected chi connectivity index (χ2v) is 23.3. The lowest BCUT2D eigenvalue weighted by molar-refractivity contribution is 0.278. The van der Waals surface area contributed by atoms with Crippen molar-refractivity contribution in [1.29, 1.82) is 0 Å². The molecule has 0 unspecified atom stereocenters. The van der Waals surface area contributed by atoms with Crippen LogP contribution in [0.3, 0.4) is 0 Å². The highest BCUT2D eigenvalue weighted by Gasteiger charge is 2.30. The van der Waals surface area contributed by atoms with E-state index in [-0.39, 0.29) is 6.61 Å². The highest BCUT2D eigenvalue weighted by molar-refractivity contribution is 7.59. The van der Waals surface area contributed by atoms with Crippen molar-refractivity contribution in [3.8, 4) is 5.75 Å². The summed E-state index contributed by atoms with van der Waals surface area (Å²) in [6.07, 6.45) is 1.23. The van der Waals surface area contributed by atoms with Gasteiger partial charge < -0.3 is 9.63 Å². The van der Waals surface area contributed by atoms with E-state index in [4.69, 9.17) is 16.1 Å². The van der Waals surface area contributed by atoms with Crippen molar-refractivity contribution in [3.05, 3.63) is 28.8 Å². The summed E-state index contributed by atoms with van der Waals surface area (Å²) < 4.78 is 19.6. The summed E-state index contributed by atoms with van der Waals surface area (Å²) in [5, 5.41) is 10.1. The van der Waals surface area contributed by atoms with Gasteiger partial charge in [-0.3, -0.25) is 4.57 Å². The Morgan fingerprint density at radius 3 is 1.96 bits per heavy atom. The molecule has 0 bridgehead atoms. The molecule has 1 N–H and O–H groups in total. The van der Waals surface area contributed by atoms with Gasteiger partial charge in [0.25, 0.3) is 0 Å². The van der Waals surface area contributed by atoms with E-state index in [0.29, 0.717) is 28.7 Å². The minimum atomic E-state index is -2.79. The molecule has 7 heteroatoms. The molecule has 0 saturated heterocycles. The van der Waals surface area contributed by atoms with Crippen molar-refractivity contribution in [2.24, 2.45) is 0 Å².